The summed E-state index contributed by atoms with van der Waals surface area (Å²) in [6.07, 6.45) is 0. The average Bonchev–Trinajstić information content (AvgIpc) is 2.76. The van der Waals surface area contributed by atoms with Crippen LogP contribution in [0.1, 0.15) is 16.1 Å². The van der Waals surface area contributed by atoms with Crippen LogP contribution in [0.4, 0.5) is 5.82 Å². The van der Waals surface area contributed by atoms with Crippen molar-refractivity contribution < 1.29 is 4.79 Å². The Hall–Kier alpha value is -4.06. The van der Waals surface area contributed by atoms with Crippen LogP contribution < -0.4 is 10.9 Å². The quantitative estimate of drug-likeness (QED) is 0.564. The van der Waals surface area contributed by atoms with E-state index in [0.717, 1.165) is 27.1 Å². The topological polar surface area (TPSA) is 76.9 Å². The maximum Gasteiger partial charge on any atom is 0.277 e. The molecular formula is C24H20N4O2. The van der Waals surface area contributed by atoms with Gasteiger partial charge in [-0.05, 0) is 36.2 Å². The molecule has 0 saturated heterocycles. The molecule has 0 spiro atoms. The lowest BCUT2D eigenvalue weighted by molar-refractivity contribution is 0.101. The predicted molar refractivity (Wildman–Crippen MR) is 117 cm³/mol. The molecule has 6 heteroatoms. The summed E-state index contributed by atoms with van der Waals surface area (Å²) >= 11 is 0. The minimum absolute atomic E-state index is 0.140. The molecule has 0 unspecified atom stereocenters. The number of amides is 1. The summed E-state index contributed by atoms with van der Waals surface area (Å²) in [4.78, 5) is 28.8. The number of carbonyl (C=O) groups is 1. The van der Waals surface area contributed by atoms with Gasteiger partial charge in [-0.2, -0.15) is 5.10 Å². The fraction of sp³-hybridized carbons (Fsp3) is 0.0833. The van der Waals surface area contributed by atoms with Crippen LogP contribution in [0, 0.1) is 6.92 Å². The zero-order chi connectivity index (χ0) is 21.1. The number of anilines is 1. The van der Waals surface area contributed by atoms with Crippen molar-refractivity contribution in [2.75, 3.05) is 5.32 Å². The second-order valence-electron chi connectivity index (χ2n) is 6.99. The summed E-state index contributed by atoms with van der Waals surface area (Å²) in [5.74, 6) is -0.0225. The van der Waals surface area contributed by atoms with Crippen LogP contribution in [0.25, 0.3) is 22.4 Å². The lowest BCUT2D eigenvalue weighted by Crippen LogP contribution is -2.23. The van der Waals surface area contributed by atoms with E-state index in [-0.39, 0.29) is 11.3 Å². The highest BCUT2D eigenvalue weighted by Crippen LogP contribution is 2.28. The van der Waals surface area contributed by atoms with E-state index in [9.17, 15) is 9.59 Å². The number of hydrogen-bond donors (Lipinski definition) is 1. The largest absolute Gasteiger partial charge is 0.305 e. The second kappa shape index (κ2) is 8.13. The number of hydrogen-bond acceptors (Lipinski definition) is 4. The smallest absolute Gasteiger partial charge is 0.277 e. The Morgan fingerprint density at radius 2 is 1.60 bits per heavy atom. The Morgan fingerprint density at radius 1 is 0.867 bits per heavy atom. The second-order valence-corrected chi connectivity index (χ2v) is 6.99. The summed E-state index contributed by atoms with van der Waals surface area (Å²) in [5.41, 5.74) is 4.69. The molecule has 0 saturated carbocycles. The first-order chi connectivity index (χ1) is 14.5. The van der Waals surface area contributed by atoms with E-state index in [1.165, 1.54) is 24.7 Å². The number of benzene rings is 2. The van der Waals surface area contributed by atoms with Crippen molar-refractivity contribution in [1.82, 2.24) is 14.8 Å². The van der Waals surface area contributed by atoms with Crippen LogP contribution in [0.5, 0.6) is 0 Å². The van der Waals surface area contributed by atoms with Crippen molar-refractivity contribution in [3.05, 3.63) is 100 Å². The minimum atomic E-state index is -0.432. The molecule has 0 aliphatic rings. The van der Waals surface area contributed by atoms with Gasteiger partial charge in [0, 0.05) is 18.7 Å². The molecule has 0 atom stereocenters. The average molecular weight is 396 g/mol. The van der Waals surface area contributed by atoms with Crippen LogP contribution in [0.2, 0.25) is 0 Å². The maximum atomic E-state index is 12.7. The highest BCUT2D eigenvalue weighted by molar-refractivity contribution is 6.02. The van der Waals surface area contributed by atoms with Gasteiger partial charge in [-0.15, -0.1) is 0 Å². The Bertz CT molecular complexity index is 1260. The molecule has 0 bridgehead atoms. The molecule has 0 radical (unpaired) electrons. The van der Waals surface area contributed by atoms with Crippen LogP contribution in [0.15, 0.2) is 83.7 Å². The van der Waals surface area contributed by atoms with Crippen molar-refractivity contribution in [2.24, 2.45) is 7.05 Å². The monoisotopic (exact) mass is 396 g/mol. The SMILES string of the molecule is Cc1ccc(-c2cc(NC(=O)c3ccc(=O)n(C)n3)nc(-c3ccccc3)c2)cc1. The summed E-state index contributed by atoms with van der Waals surface area (Å²) in [7, 11) is 1.50. The molecule has 0 aliphatic heterocycles. The van der Waals surface area contributed by atoms with Gasteiger partial charge in [0.15, 0.2) is 0 Å². The highest BCUT2D eigenvalue weighted by atomic mass is 16.2. The van der Waals surface area contributed by atoms with E-state index < -0.39 is 5.91 Å². The fourth-order valence-electron chi connectivity index (χ4n) is 3.07. The van der Waals surface area contributed by atoms with Crippen LogP contribution >= 0.6 is 0 Å². The lowest BCUT2D eigenvalue weighted by atomic mass is 10.0. The van der Waals surface area contributed by atoms with Crippen molar-refractivity contribution in [2.45, 2.75) is 6.92 Å². The normalized spacial score (nSPS) is 10.6. The molecular weight excluding hydrogens is 376 g/mol. The Morgan fingerprint density at radius 3 is 2.30 bits per heavy atom. The van der Waals surface area contributed by atoms with E-state index in [0.29, 0.717) is 5.82 Å². The molecule has 0 fully saturated rings. The van der Waals surface area contributed by atoms with Crippen molar-refractivity contribution in [1.29, 1.82) is 0 Å². The number of pyridine rings is 1. The van der Waals surface area contributed by atoms with Gasteiger partial charge in [0.25, 0.3) is 11.5 Å². The Kier molecular flexibility index (Phi) is 5.22. The number of carbonyl (C=O) groups excluding carboxylic acids is 1. The Labute approximate surface area is 173 Å². The first kappa shape index (κ1) is 19.3. The third kappa shape index (κ3) is 4.17. The molecule has 1 N–H and O–H groups in total. The van der Waals surface area contributed by atoms with Gasteiger partial charge in [-0.3, -0.25) is 9.59 Å². The third-order valence-electron chi connectivity index (χ3n) is 4.71. The molecule has 2 aromatic heterocycles. The van der Waals surface area contributed by atoms with Crippen molar-refractivity contribution >= 4 is 11.7 Å². The molecule has 2 heterocycles. The van der Waals surface area contributed by atoms with Crippen LogP contribution in [-0.4, -0.2) is 20.7 Å². The van der Waals surface area contributed by atoms with Gasteiger partial charge < -0.3 is 5.32 Å². The number of nitrogens with zero attached hydrogens (tertiary/aromatic N) is 3. The van der Waals surface area contributed by atoms with Gasteiger partial charge in [0.05, 0.1) is 5.69 Å². The zero-order valence-corrected chi connectivity index (χ0v) is 16.7. The standard InChI is InChI=1S/C24H20N4O2/c1-16-8-10-17(11-9-16)19-14-21(18-6-4-3-5-7-18)25-22(15-19)26-24(30)20-12-13-23(29)28(2)27-20/h3-15H,1-2H3,(H,25,26,30). The van der Waals surface area contributed by atoms with Gasteiger partial charge >= 0.3 is 0 Å². The van der Waals surface area contributed by atoms with Gasteiger partial charge in [0.2, 0.25) is 0 Å². The number of nitrogens with one attached hydrogen (secondary N) is 1. The summed E-state index contributed by atoms with van der Waals surface area (Å²) in [6, 6.07) is 24.5. The van der Waals surface area contributed by atoms with Gasteiger partial charge in [-0.25, -0.2) is 9.67 Å². The van der Waals surface area contributed by atoms with E-state index in [1.807, 2.05) is 73.7 Å². The number of aromatic nitrogens is 3. The molecule has 0 aliphatic carbocycles. The van der Waals surface area contributed by atoms with E-state index in [2.05, 4.69) is 15.4 Å². The Balaban J connectivity index is 1.75. The minimum Gasteiger partial charge on any atom is -0.305 e. The van der Waals surface area contributed by atoms with E-state index in [4.69, 9.17) is 0 Å². The fourth-order valence-corrected chi connectivity index (χ4v) is 3.07. The molecule has 4 rings (SSSR count). The molecule has 4 aromatic rings. The first-order valence-corrected chi connectivity index (χ1v) is 9.50. The first-order valence-electron chi connectivity index (χ1n) is 9.50. The summed E-state index contributed by atoms with van der Waals surface area (Å²) < 4.78 is 1.13. The van der Waals surface area contributed by atoms with Gasteiger partial charge in [-0.1, -0.05) is 60.2 Å². The number of rotatable bonds is 4. The van der Waals surface area contributed by atoms with E-state index >= 15 is 0 Å². The number of aryl methyl sites for hydroxylation is 2. The van der Waals surface area contributed by atoms with E-state index in [1.54, 1.807) is 0 Å². The molecule has 148 valence electrons. The zero-order valence-electron chi connectivity index (χ0n) is 16.7. The summed E-state index contributed by atoms with van der Waals surface area (Å²) in [6.45, 7) is 2.04. The molecule has 30 heavy (non-hydrogen) atoms. The molecule has 1 amide bonds. The summed E-state index contributed by atoms with van der Waals surface area (Å²) in [5, 5.41) is 6.81. The predicted octanol–water partition coefficient (Wildman–Crippen LogP) is 4.07. The van der Waals surface area contributed by atoms with Crippen molar-refractivity contribution in [3.63, 3.8) is 0 Å². The highest BCUT2D eigenvalue weighted by Gasteiger charge is 2.13. The molecule has 2 aromatic carbocycles. The van der Waals surface area contributed by atoms with Crippen LogP contribution in [0.3, 0.4) is 0 Å². The third-order valence-corrected chi connectivity index (χ3v) is 4.71. The van der Waals surface area contributed by atoms with Crippen LogP contribution in [-0.2, 0) is 7.05 Å². The van der Waals surface area contributed by atoms with Crippen molar-refractivity contribution in [3.8, 4) is 22.4 Å². The maximum absolute atomic E-state index is 12.7. The van der Waals surface area contributed by atoms with Gasteiger partial charge in [0.1, 0.15) is 11.5 Å². The molecule has 6 nitrogen and oxygen atoms in total. The lowest BCUT2D eigenvalue weighted by Gasteiger charge is -2.11.